The van der Waals surface area contributed by atoms with Crippen LogP contribution in [-0.2, 0) is 0 Å². The fraction of sp³-hybridized carbons (Fsp3) is 1.00. The Balaban J connectivity index is 2.97. The Morgan fingerprint density at radius 3 is 2.45 bits per heavy atom. The molecule has 0 aliphatic heterocycles. The topological polar surface area (TPSA) is 20.2 Å². The Labute approximate surface area is 74.8 Å². The first-order chi connectivity index (χ1) is 5.31. The number of alkyl halides is 1. The second kappa shape index (κ2) is 8.35. The molecule has 1 nitrogen and oxygen atoms in total. The van der Waals surface area contributed by atoms with Gasteiger partial charge in [-0.1, -0.05) is 26.2 Å². The van der Waals surface area contributed by atoms with Crippen molar-refractivity contribution < 1.29 is 5.11 Å². The summed E-state index contributed by atoms with van der Waals surface area (Å²) in [4.78, 5) is 0. The van der Waals surface area contributed by atoms with Gasteiger partial charge in [0.25, 0.3) is 0 Å². The van der Waals surface area contributed by atoms with Crippen LogP contribution in [0.5, 0.6) is 0 Å². The Kier molecular flexibility index (Phi) is 8.54. The van der Waals surface area contributed by atoms with E-state index in [0.717, 1.165) is 18.7 Å². The molecule has 0 radical (unpaired) electrons. The molecule has 1 atom stereocenters. The second-order valence-electron chi connectivity index (χ2n) is 3.16. The molecular weight excluding hydrogens is 160 g/mol. The number of aliphatic hydroxyl groups is 1. The molecule has 0 aromatic rings. The molecule has 0 saturated carbocycles. The summed E-state index contributed by atoms with van der Waals surface area (Å²) in [5.74, 6) is 1.46. The number of aliphatic hydroxyl groups excluding tert-OH is 1. The Hall–Kier alpha value is 0.250. The molecule has 0 heterocycles. The van der Waals surface area contributed by atoms with Crippen molar-refractivity contribution in [3.8, 4) is 0 Å². The Morgan fingerprint density at radius 1 is 1.18 bits per heavy atom. The van der Waals surface area contributed by atoms with Crippen molar-refractivity contribution in [2.45, 2.75) is 39.0 Å². The molecule has 68 valence electrons. The van der Waals surface area contributed by atoms with Gasteiger partial charge in [-0.3, -0.25) is 0 Å². The van der Waals surface area contributed by atoms with Gasteiger partial charge >= 0.3 is 0 Å². The van der Waals surface area contributed by atoms with Crippen LogP contribution >= 0.6 is 11.6 Å². The van der Waals surface area contributed by atoms with Gasteiger partial charge in [-0.2, -0.15) is 0 Å². The molecular formula is C9H19ClO. The van der Waals surface area contributed by atoms with E-state index in [-0.39, 0.29) is 0 Å². The highest BCUT2D eigenvalue weighted by Gasteiger charge is 1.99. The number of rotatable bonds is 7. The van der Waals surface area contributed by atoms with Crippen LogP contribution in [0.4, 0.5) is 0 Å². The number of hydrogen-bond acceptors (Lipinski definition) is 1. The number of unbranched alkanes of at least 4 members (excludes halogenated alkanes) is 2. The minimum Gasteiger partial charge on any atom is -0.396 e. The molecule has 0 aromatic heterocycles. The predicted molar refractivity (Wildman–Crippen MR) is 50.1 cm³/mol. The minimum absolute atomic E-state index is 0.330. The van der Waals surface area contributed by atoms with E-state index in [9.17, 15) is 0 Å². The summed E-state index contributed by atoms with van der Waals surface area (Å²) < 4.78 is 0. The third kappa shape index (κ3) is 8.15. The highest BCUT2D eigenvalue weighted by Crippen LogP contribution is 2.12. The van der Waals surface area contributed by atoms with Gasteiger partial charge in [0.05, 0.1) is 0 Å². The molecule has 0 fully saturated rings. The lowest BCUT2D eigenvalue weighted by molar-refractivity contribution is 0.256. The third-order valence-electron chi connectivity index (χ3n) is 1.95. The number of hydrogen-bond donors (Lipinski definition) is 1. The van der Waals surface area contributed by atoms with Crippen LogP contribution in [0.15, 0.2) is 0 Å². The zero-order chi connectivity index (χ0) is 8.53. The normalized spacial score (nSPS) is 13.4. The van der Waals surface area contributed by atoms with E-state index >= 15 is 0 Å². The predicted octanol–water partition coefficient (Wildman–Crippen LogP) is 2.80. The van der Waals surface area contributed by atoms with Crippen LogP contribution in [-0.4, -0.2) is 17.6 Å². The van der Waals surface area contributed by atoms with Crippen molar-refractivity contribution >= 4 is 11.6 Å². The Bertz CT molecular complexity index is 76.0. The van der Waals surface area contributed by atoms with Crippen molar-refractivity contribution in [2.24, 2.45) is 5.92 Å². The zero-order valence-electron chi connectivity index (χ0n) is 7.35. The van der Waals surface area contributed by atoms with E-state index in [2.05, 4.69) is 6.92 Å². The highest BCUT2D eigenvalue weighted by molar-refractivity contribution is 6.17. The summed E-state index contributed by atoms with van der Waals surface area (Å²) in [7, 11) is 0. The van der Waals surface area contributed by atoms with Crippen molar-refractivity contribution in [2.75, 3.05) is 12.5 Å². The maximum Gasteiger partial charge on any atom is 0.0433 e. The molecule has 0 aliphatic carbocycles. The SMILES string of the molecule is C[C@H](CCO)CCCCCCl. The van der Waals surface area contributed by atoms with Gasteiger partial charge in [0, 0.05) is 12.5 Å². The molecule has 0 amide bonds. The van der Waals surface area contributed by atoms with E-state index in [1.807, 2.05) is 0 Å². The third-order valence-corrected chi connectivity index (χ3v) is 2.22. The fourth-order valence-electron chi connectivity index (χ4n) is 1.13. The van der Waals surface area contributed by atoms with Crippen molar-refractivity contribution in [3.63, 3.8) is 0 Å². The van der Waals surface area contributed by atoms with Crippen LogP contribution < -0.4 is 0 Å². The summed E-state index contributed by atoms with van der Waals surface area (Å²) in [5.41, 5.74) is 0. The van der Waals surface area contributed by atoms with Gasteiger partial charge in [0.15, 0.2) is 0 Å². The summed E-state index contributed by atoms with van der Waals surface area (Å²) >= 11 is 5.54. The van der Waals surface area contributed by atoms with Gasteiger partial charge in [-0.15, -0.1) is 11.6 Å². The van der Waals surface area contributed by atoms with Crippen molar-refractivity contribution in [1.29, 1.82) is 0 Å². The van der Waals surface area contributed by atoms with Crippen molar-refractivity contribution in [3.05, 3.63) is 0 Å². The van der Waals surface area contributed by atoms with Gasteiger partial charge in [0.2, 0.25) is 0 Å². The molecule has 1 N–H and O–H groups in total. The molecule has 0 aromatic carbocycles. The lowest BCUT2D eigenvalue weighted by Gasteiger charge is -2.07. The number of halogens is 1. The van der Waals surface area contributed by atoms with Crippen LogP contribution in [0.3, 0.4) is 0 Å². The zero-order valence-corrected chi connectivity index (χ0v) is 8.11. The summed E-state index contributed by atoms with van der Waals surface area (Å²) in [6, 6.07) is 0. The molecule has 0 rings (SSSR count). The lowest BCUT2D eigenvalue weighted by atomic mass is 10.0. The lowest BCUT2D eigenvalue weighted by Crippen LogP contribution is -1.97. The maximum absolute atomic E-state index is 8.62. The largest absolute Gasteiger partial charge is 0.396 e. The first-order valence-electron chi connectivity index (χ1n) is 4.48. The monoisotopic (exact) mass is 178 g/mol. The molecule has 0 saturated heterocycles. The first kappa shape index (κ1) is 11.2. The van der Waals surface area contributed by atoms with E-state index in [0.29, 0.717) is 12.5 Å². The summed E-state index contributed by atoms with van der Waals surface area (Å²) in [5, 5.41) is 8.62. The summed E-state index contributed by atoms with van der Waals surface area (Å²) in [6.07, 6.45) is 5.80. The Morgan fingerprint density at radius 2 is 1.91 bits per heavy atom. The van der Waals surface area contributed by atoms with E-state index < -0.39 is 0 Å². The summed E-state index contributed by atoms with van der Waals surface area (Å²) in [6.45, 7) is 2.52. The van der Waals surface area contributed by atoms with Gasteiger partial charge in [0.1, 0.15) is 0 Å². The molecule has 0 unspecified atom stereocenters. The van der Waals surface area contributed by atoms with E-state index in [1.165, 1.54) is 19.3 Å². The van der Waals surface area contributed by atoms with Gasteiger partial charge in [-0.05, 0) is 18.8 Å². The maximum atomic E-state index is 8.62. The van der Waals surface area contributed by atoms with Crippen LogP contribution in [0, 0.1) is 5.92 Å². The molecule has 0 aliphatic rings. The first-order valence-corrected chi connectivity index (χ1v) is 5.01. The van der Waals surface area contributed by atoms with E-state index in [1.54, 1.807) is 0 Å². The fourth-order valence-corrected chi connectivity index (χ4v) is 1.32. The van der Waals surface area contributed by atoms with Crippen molar-refractivity contribution in [1.82, 2.24) is 0 Å². The molecule has 0 bridgehead atoms. The smallest absolute Gasteiger partial charge is 0.0433 e. The molecule has 2 heteroatoms. The molecule has 0 spiro atoms. The minimum atomic E-state index is 0.330. The molecule has 11 heavy (non-hydrogen) atoms. The van der Waals surface area contributed by atoms with Gasteiger partial charge in [-0.25, -0.2) is 0 Å². The average molecular weight is 179 g/mol. The quantitative estimate of drug-likeness (QED) is 0.470. The van der Waals surface area contributed by atoms with Crippen LogP contribution in [0.25, 0.3) is 0 Å². The highest BCUT2D eigenvalue weighted by atomic mass is 35.5. The van der Waals surface area contributed by atoms with Gasteiger partial charge < -0.3 is 5.11 Å². The van der Waals surface area contributed by atoms with Crippen LogP contribution in [0.2, 0.25) is 0 Å². The second-order valence-corrected chi connectivity index (χ2v) is 3.53. The standard InChI is InChI=1S/C9H19ClO/c1-9(6-8-11)5-3-2-4-7-10/h9,11H,2-8H2,1H3/t9-/m0/s1. The van der Waals surface area contributed by atoms with E-state index in [4.69, 9.17) is 16.7 Å². The van der Waals surface area contributed by atoms with Crippen LogP contribution in [0.1, 0.15) is 39.0 Å². The average Bonchev–Trinajstić information content (AvgIpc) is 1.99.